The number of nitrogens with zero attached hydrogens (tertiary/aromatic N) is 1. The molecule has 0 heterocycles. The third kappa shape index (κ3) is 7.48. The first kappa shape index (κ1) is 28.0. The van der Waals surface area contributed by atoms with E-state index in [1.807, 2.05) is 49.4 Å². The molecule has 0 radical (unpaired) electrons. The molecular formula is C29H39BrN2O4. The van der Waals surface area contributed by atoms with Crippen LogP contribution in [0.15, 0.2) is 46.9 Å². The third-order valence-corrected chi connectivity index (χ3v) is 7.37. The Morgan fingerprint density at radius 3 is 2.33 bits per heavy atom. The van der Waals surface area contributed by atoms with E-state index < -0.39 is 6.04 Å². The van der Waals surface area contributed by atoms with Crippen molar-refractivity contribution in [1.29, 1.82) is 0 Å². The number of methoxy groups -OCH3 is 1. The van der Waals surface area contributed by atoms with Gasteiger partial charge in [-0.15, -0.1) is 0 Å². The lowest BCUT2D eigenvalue weighted by Gasteiger charge is -2.31. The van der Waals surface area contributed by atoms with E-state index in [-0.39, 0.29) is 29.9 Å². The van der Waals surface area contributed by atoms with Crippen LogP contribution >= 0.6 is 15.9 Å². The lowest BCUT2D eigenvalue weighted by Crippen LogP contribution is -2.52. The smallest absolute Gasteiger partial charge is 0.261 e. The number of ether oxygens (including phenoxy) is 2. The van der Waals surface area contributed by atoms with Gasteiger partial charge < -0.3 is 19.7 Å². The molecule has 1 fully saturated rings. The summed E-state index contributed by atoms with van der Waals surface area (Å²) in [6.45, 7) is 8.55. The Labute approximate surface area is 223 Å². The van der Waals surface area contributed by atoms with Gasteiger partial charge in [0.05, 0.1) is 11.6 Å². The number of halogens is 1. The molecule has 0 unspecified atom stereocenters. The maximum atomic E-state index is 13.5. The summed E-state index contributed by atoms with van der Waals surface area (Å²) in [5, 5.41) is 3.17. The Hall–Kier alpha value is -2.54. The molecule has 0 aliphatic heterocycles. The van der Waals surface area contributed by atoms with Crippen LogP contribution in [0.5, 0.6) is 11.5 Å². The van der Waals surface area contributed by atoms with E-state index in [1.165, 1.54) is 5.56 Å². The molecule has 1 atom stereocenters. The highest BCUT2D eigenvalue weighted by Gasteiger charge is 2.31. The van der Waals surface area contributed by atoms with Gasteiger partial charge in [-0.3, -0.25) is 9.59 Å². The molecule has 1 saturated carbocycles. The van der Waals surface area contributed by atoms with Crippen molar-refractivity contribution in [3.63, 3.8) is 0 Å². The summed E-state index contributed by atoms with van der Waals surface area (Å²) in [5.74, 6) is 1.02. The normalized spacial score (nSPS) is 14.8. The van der Waals surface area contributed by atoms with Crippen LogP contribution in [-0.4, -0.2) is 42.5 Å². The zero-order valence-corrected chi connectivity index (χ0v) is 23.7. The molecule has 0 bridgehead atoms. The van der Waals surface area contributed by atoms with Gasteiger partial charge in [0.1, 0.15) is 17.5 Å². The lowest BCUT2D eigenvalue weighted by atomic mass is 9.87. The van der Waals surface area contributed by atoms with Crippen LogP contribution in [0.1, 0.15) is 70.9 Å². The van der Waals surface area contributed by atoms with Crippen molar-refractivity contribution in [2.75, 3.05) is 13.7 Å². The molecular weight excluding hydrogens is 520 g/mol. The van der Waals surface area contributed by atoms with Crippen LogP contribution in [0, 0.1) is 0 Å². The number of rotatable bonds is 10. The van der Waals surface area contributed by atoms with Crippen LogP contribution in [0.25, 0.3) is 0 Å². The minimum Gasteiger partial charge on any atom is -0.497 e. The Balaban J connectivity index is 1.77. The maximum absolute atomic E-state index is 13.5. The van der Waals surface area contributed by atoms with E-state index >= 15 is 0 Å². The van der Waals surface area contributed by atoms with Gasteiger partial charge >= 0.3 is 0 Å². The van der Waals surface area contributed by atoms with Gasteiger partial charge in [-0.05, 0) is 76.0 Å². The van der Waals surface area contributed by atoms with E-state index in [0.29, 0.717) is 18.7 Å². The van der Waals surface area contributed by atoms with Crippen molar-refractivity contribution < 1.29 is 19.1 Å². The summed E-state index contributed by atoms with van der Waals surface area (Å²) >= 11 is 3.58. The fraction of sp³-hybridized carbons (Fsp3) is 0.517. The van der Waals surface area contributed by atoms with Gasteiger partial charge in [0.15, 0.2) is 6.61 Å². The zero-order chi connectivity index (χ0) is 26.3. The van der Waals surface area contributed by atoms with Crippen molar-refractivity contribution >= 4 is 27.7 Å². The van der Waals surface area contributed by atoms with Gasteiger partial charge in [0.2, 0.25) is 5.91 Å². The predicted octanol–water partition coefficient (Wildman–Crippen LogP) is 6.00. The molecule has 0 spiro atoms. The lowest BCUT2D eigenvalue weighted by molar-refractivity contribution is -0.143. The van der Waals surface area contributed by atoms with Gasteiger partial charge in [-0.25, -0.2) is 0 Å². The summed E-state index contributed by atoms with van der Waals surface area (Å²) in [6.07, 6.45) is 4.77. The Morgan fingerprint density at radius 2 is 1.78 bits per heavy atom. The Bertz CT molecular complexity index is 1030. The van der Waals surface area contributed by atoms with Crippen molar-refractivity contribution in [2.24, 2.45) is 0 Å². The number of carbonyl (C=O) groups is 2. The largest absolute Gasteiger partial charge is 0.497 e. The molecule has 0 aromatic heterocycles. The molecule has 3 rings (SSSR count). The molecule has 7 heteroatoms. The highest BCUT2D eigenvalue weighted by molar-refractivity contribution is 9.10. The summed E-state index contributed by atoms with van der Waals surface area (Å²) in [7, 11) is 1.62. The second kappa shape index (κ2) is 12.6. The molecule has 2 amide bonds. The van der Waals surface area contributed by atoms with Crippen LogP contribution < -0.4 is 14.8 Å². The second-order valence-electron chi connectivity index (χ2n) is 10.5. The Kier molecular flexibility index (Phi) is 9.83. The van der Waals surface area contributed by atoms with Crippen molar-refractivity contribution in [3.8, 4) is 11.5 Å². The van der Waals surface area contributed by atoms with E-state index in [1.54, 1.807) is 12.0 Å². The molecule has 2 aromatic rings. The summed E-state index contributed by atoms with van der Waals surface area (Å²) in [5.41, 5.74) is 2.10. The van der Waals surface area contributed by atoms with E-state index in [0.717, 1.165) is 41.5 Å². The molecule has 36 heavy (non-hydrogen) atoms. The molecule has 0 saturated heterocycles. The van der Waals surface area contributed by atoms with Gasteiger partial charge in [0.25, 0.3) is 5.91 Å². The molecule has 1 aliphatic carbocycles. The van der Waals surface area contributed by atoms with Gasteiger partial charge in [-0.2, -0.15) is 0 Å². The molecule has 196 valence electrons. The zero-order valence-electron chi connectivity index (χ0n) is 22.1. The second-order valence-corrected chi connectivity index (χ2v) is 11.3. The quantitative estimate of drug-likeness (QED) is 0.388. The van der Waals surface area contributed by atoms with Gasteiger partial charge in [0, 0.05) is 12.6 Å². The predicted molar refractivity (Wildman–Crippen MR) is 146 cm³/mol. The fourth-order valence-electron chi connectivity index (χ4n) is 4.52. The van der Waals surface area contributed by atoms with Gasteiger partial charge in [-0.1, -0.05) is 58.7 Å². The van der Waals surface area contributed by atoms with Crippen molar-refractivity contribution in [2.45, 2.75) is 83.8 Å². The first-order chi connectivity index (χ1) is 17.1. The molecule has 6 nitrogen and oxygen atoms in total. The SMILES string of the molecule is CC[C@@H](C(=O)NC1CCCC1)N(Cc1ccc(OC)cc1)C(=O)COc1ccc(C(C)(C)C)cc1Br. The molecule has 2 aromatic carbocycles. The number of amides is 2. The fourth-order valence-corrected chi connectivity index (χ4v) is 5.01. The van der Waals surface area contributed by atoms with Crippen molar-refractivity contribution in [1.82, 2.24) is 10.2 Å². The summed E-state index contributed by atoms with van der Waals surface area (Å²) in [6, 6.07) is 13.1. The van der Waals surface area contributed by atoms with Crippen LogP contribution in [-0.2, 0) is 21.5 Å². The van der Waals surface area contributed by atoms with Crippen LogP contribution in [0.3, 0.4) is 0 Å². The monoisotopic (exact) mass is 558 g/mol. The first-order valence-corrected chi connectivity index (χ1v) is 13.6. The van der Waals surface area contributed by atoms with E-state index in [9.17, 15) is 9.59 Å². The molecule has 1 N–H and O–H groups in total. The summed E-state index contributed by atoms with van der Waals surface area (Å²) < 4.78 is 12.0. The van der Waals surface area contributed by atoms with Crippen molar-refractivity contribution in [3.05, 3.63) is 58.1 Å². The van der Waals surface area contributed by atoms with Crippen LogP contribution in [0.4, 0.5) is 0 Å². The van der Waals surface area contributed by atoms with E-state index in [4.69, 9.17) is 9.47 Å². The number of hydrogen-bond donors (Lipinski definition) is 1. The number of carbonyl (C=O) groups excluding carboxylic acids is 2. The standard InChI is InChI=1S/C29H39BrN2O4/c1-6-25(28(34)31-22-9-7-8-10-22)32(18-20-11-14-23(35-5)15-12-20)27(33)19-36-26-16-13-21(17-24(26)30)29(2,3)4/h11-17,22,25H,6-10,18-19H2,1-5H3,(H,31,34)/t25-/m0/s1. The van der Waals surface area contributed by atoms with E-state index in [2.05, 4.69) is 42.0 Å². The number of hydrogen-bond acceptors (Lipinski definition) is 4. The molecule has 1 aliphatic rings. The van der Waals surface area contributed by atoms with Crippen LogP contribution in [0.2, 0.25) is 0 Å². The average Bonchev–Trinajstić information content (AvgIpc) is 3.35. The minimum absolute atomic E-state index is 0.00700. The number of benzene rings is 2. The summed E-state index contributed by atoms with van der Waals surface area (Å²) in [4.78, 5) is 28.4. The third-order valence-electron chi connectivity index (χ3n) is 6.75. The highest BCUT2D eigenvalue weighted by Crippen LogP contribution is 2.31. The topological polar surface area (TPSA) is 67.9 Å². The Morgan fingerprint density at radius 1 is 1.11 bits per heavy atom. The highest BCUT2D eigenvalue weighted by atomic mass is 79.9. The average molecular weight is 560 g/mol. The first-order valence-electron chi connectivity index (χ1n) is 12.8. The number of nitrogens with one attached hydrogen (secondary N) is 1. The minimum atomic E-state index is -0.574. The maximum Gasteiger partial charge on any atom is 0.261 e.